The summed E-state index contributed by atoms with van der Waals surface area (Å²) in [6.45, 7) is 4.15. The molecule has 2 aliphatic heterocycles. The number of hydrogen-bond acceptors (Lipinski definition) is 7. The number of alkyl halides is 1. The number of carbonyl (C=O) groups excluding carboxylic acids is 1. The lowest BCUT2D eigenvalue weighted by atomic mass is 9.93. The predicted octanol–water partition coefficient (Wildman–Crippen LogP) is 1.65. The lowest BCUT2D eigenvalue weighted by molar-refractivity contribution is -0.138. The summed E-state index contributed by atoms with van der Waals surface area (Å²) in [6.07, 6.45) is 3.17. The molecule has 0 aromatic carbocycles. The standard InChI is InChI=1S/C22H27FN6O2/c1-15-12-29(18-11-26-17(10-24)20-16(18)4-3-7-25-20)13-19(31-15)21(30)27-14-22(23)5-8-28(2)9-6-22/h3-4,7,11,15,19H,5-6,8-9,12-14H2,1-2H3,(H,27,30)/t15-,19-/m1/s1. The number of hydrogen-bond donors (Lipinski definition) is 1. The van der Waals surface area contributed by atoms with E-state index < -0.39 is 11.8 Å². The number of nitrogens with one attached hydrogen (secondary N) is 1. The highest BCUT2D eigenvalue weighted by Crippen LogP contribution is 2.29. The van der Waals surface area contributed by atoms with Gasteiger partial charge in [0.05, 0.1) is 31.1 Å². The van der Waals surface area contributed by atoms with Crippen molar-refractivity contribution in [2.45, 2.75) is 37.6 Å². The Morgan fingerprint density at radius 2 is 2.16 bits per heavy atom. The monoisotopic (exact) mass is 426 g/mol. The third-order valence-corrected chi connectivity index (χ3v) is 6.09. The van der Waals surface area contributed by atoms with Crippen molar-refractivity contribution in [3.05, 3.63) is 30.2 Å². The van der Waals surface area contributed by atoms with Crippen LogP contribution in [-0.4, -0.2) is 78.4 Å². The zero-order valence-electron chi connectivity index (χ0n) is 17.8. The molecule has 8 nitrogen and oxygen atoms in total. The number of likely N-dealkylation sites (tertiary alicyclic amines) is 1. The SMILES string of the molecule is C[C@@H]1CN(c2cnc(C#N)c3ncccc23)C[C@H](C(=O)NCC2(F)CCN(C)CC2)O1. The number of ether oxygens (including phenoxy) is 1. The van der Waals surface area contributed by atoms with Crippen molar-refractivity contribution in [1.29, 1.82) is 5.26 Å². The number of rotatable bonds is 4. The zero-order valence-corrected chi connectivity index (χ0v) is 17.8. The number of nitriles is 1. The van der Waals surface area contributed by atoms with E-state index in [9.17, 15) is 10.1 Å². The Morgan fingerprint density at radius 1 is 1.39 bits per heavy atom. The number of nitrogens with zero attached hydrogens (tertiary/aromatic N) is 5. The molecule has 1 amide bonds. The number of carbonyl (C=O) groups is 1. The average molecular weight is 426 g/mol. The highest BCUT2D eigenvalue weighted by Gasteiger charge is 2.36. The van der Waals surface area contributed by atoms with Gasteiger partial charge in [-0.05, 0) is 38.9 Å². The van der Waals surface area contributed by atoms with Gasteiger partial charge in [0, 0.05) is 31.2 Å². The molecule has 4 heterocycles. The predicted molar refractivity (Wildman–Crippen MR) is 114 cm³/mol. The van der Waals surface area contributed by atoms with Crippen LogP contribution >= 0.6 is 0 Å². The van der Waals surface area contributed by atoms with Gasteiger partial charge in [-0.1, -0.05) is 0 Å². The molecule has 0 aliphatic carbocycles. The van der Waals surface area contributed by atoms with Crippen LogP contribution in [0.15, 0.2) is 24.5 Å². The fraction of sp³-hybridized carbons (Fsp3) is 0.545. The summed E-state index contributed by atoms with van der Waals surface area (Å²) in [5.41, 5.74) is 0.221. The van der Waals surface area contributed by atoms with Gasteiger partial charge in [-0.3, -0.25) is 9.78 Å². The van der Waals surface area contributed by atoms with E-state index >= 15 is 4.39 Å². The molecule has 2 aliphatic rings. The molecule has 2 atom stereocenters. The van der Waals surface area contributed by atoms with Gasteiger partial charge in [-0.25, -0.2) is 9.37 Å². The number of halogens is 1. The molecule has 164 valence electrons. The molecule has 9 heteroatoms. The number of amides is 1. The number of fused-ring (bicyclic) bond motifs is 1. The first-order valence-electron chi connectivity index (χ1n) is 10.6. The molecule has 0 saturated carbocycles. The maximum atomic E-state index is 15.0. The van der Waals surface area contributed by atoms with Gasteiger partial charge in [0.25, 0.3) is 5.91 Å². The molecule has 0 radical (unpaired) electrons. The number of aromatic nitrogens is 2. The third kappa shape index (κ3) is 4.60. The van der Waals surface area contributed by atoms with Crippen molar-refractivity contribution < 1.29 is 13.9 Å². The zero-order chi connectivity index (χ0) is 22.0. The molecule has 31 heavy (non-hydrogen) atoms. The van der Waals surface area contributed by atoms with E-state index in [1.54, 1.807) is 12.4 Å². The molecule has 0 bridgehead atoms. The van der Waals surface area contributed by atoms with Gasteiger partial charge in [0.15, 0.2) is 11.8 Å². The van der Waals surface area contributed by atoms with Gasteiger partial charge in [0.1, 0.15) is 17.3 Å². The molecule has 0 spiro atoms. The minimum atomic E-state index is -1.37. The summed E-state index contributed by atoms with van der Waals surface area (Å²) >= 11 is 0. The first kappa shape index (κ1) is 21.4. The number of pyridine rings is 2. The number of morpholine rings is 1. The van der Waals surface area contributed by atoms with E-state index in [-0.39, 0.29) is 24.2 Å². The number of piperidine rings is 1. The molecule has 2 saturated heterocycles. The van der Waals surface area contributed by atoms with Crippen molar-refractivity contribution in [3.63, 3.8) is 0 Å². The van der Waals surface area contributed by atoms with Gasteiger partial charge in [0.2, 0.25) is 0 Å². The minimum Gasteiger partial charge on any atom is -0.364 e. The van der Waals surface area contributed by atoms with Crippen LogP contribution in [0.3, 0.4) is 0 Å². The summed E-state index contributed by atoms with van der Waals surface area (Å²) in [5, 5.41) is 12.9. The van der Waals surface area contributed by atoms with E-state index in [1.807, 2.05) is 31.0 Å². The second-order valence-electron chi connectivity index (χ2n) is 8.52. The molecular weight excluding hydrogens is 399 g/mol. The summed E-state index contributed by atoms with van der Waals surface area (Å²) in [5.74, 6) is -0.309. The summed E-state index contributed by atoms with van der Waals surface area (Å²) in [7, 11) is 1.97. The van der Waals surface area contributed by atoms with Crippen LogP contribution in [0, 0.1) is 11.3 Å². The Bertz CT molecular complexity index is 1000. The van der Waals surface area contributed by atoms with Crippen LogP contribution in [-0.2, 0) is 9.53 Å². The highest BCUT2D eigenvalue weighted by molar-refractivity contribution is 5.94. The van der Waals surface area contributed by atoms with E-state index in [0.29, 0.717) is 44.5 Å². The normalized spacial score (nSPS) is 24.0. The van der Waals surface area contributed by atoms with Crippen LogP contribution in [0.2, 0.25) is 0 Å². The van der Waals surface area contributed by atoms with E-state index in [2.05, 4.69) is 26.3 Å². The van der Waals surface area contributed by atoms with Crippen LogP contribution in [0.5, 0.6) is 0 Å². The van der Waals surface area contributed by atoms with Crippen LogP contribution in [0.4, 0.5) is 10.1 Å². The molecule has 4 rings (SSSR count). The maximum absolute atomic E-state index is 15.0. The van der Waals surface area contributed by atoms with Gasteiger partial charge in [-0.2, -0.15) is 5.26 Å². The fourth-order valence-electron chi connectivity index (χ4n) is 4.24. The molecule has 1 N–H and O–H groups in total. The van der Waals surface area contributed by atoms with E-state index in [0.717, 1.165) is 11.1 Å². The Hall–Kier alpha value is -2.83. The lowest BCUT2D eigenvalue weighted by Crippen LogP contribution is -2.55. The van der Waals surface area contributed by atoms with Crippen molar-refractivity contribution in [2.24, 2.45) is 0 Å². The molecule has 2 aromatic rings. The molecule has 2 fully saturated rings. The number of anilines is 1. The van der Waals surface area contributed by atoms with Crippen molar-refractivity contribution >= 4 is 22.5 Å². The lowest BCUT2D eigenvalue weighted by Gasteiger charge is -2.38. The average Bonchev–Trinajstić information content (AvgIpc) is 2.78. The van der Waals surface area contributed by atoms with Gasteiger partial charge < -0.3 is 19.9 Å². The molecule has 2 aromatic heterocycles. The van der Waals surface area contributed by atoms with E-state index in [1.165, 1.54) is 0 Å². The topological polar surface area (TPSA) is 94.4 Å². The maximum Gasteiger partial charge on any atom is 0.251 e. The second-order valence-corrected chi connectivity index (χ2v) is 8.52. The van der Waals surface area contributed by atoms with E-state index in [4.69, 9.17) is 4.74 Å². The fourth-order valence-corrected chi connectivity index (χ4v) is 4.24. The first-order valence-corrected chi connectivity index (χ1v) is 10.6. The van der Waals surface area contributed by atoms with Crippen LogP contribution in [0.25, 0.3) is 10.9 Å². The molecular formula is C22H27FN6O2. The van der Waals surface area contributed by atoms with Crippen molar-refractivity contribution in [2.75, 3.05) is 44.7 Å². The Labute approximate surface area is 181 Å². The van der Waals surface area contributed by atoms with Crippen LogP contribution < -0.4 is 10.2 Å². The summed E-state index contributed by atoms with van der Waals surface area (Å²) in [4.78, 5) is 25.5. The quantitative estimate of drug-likeness (QED) is 0.794. The largest absolute Gasteiger partial charge is 0.364 e. The van der Waals surface area contributed by atoms with Crippen LogP contribution in [0.1, 0.15) is 25.5 Å². The van der Waals surface area contributed by atoms with Gasteiger partial charge in [-0.15, -0.1) is 0 Å². The minimum absolute atomic E-state index is 0.000807. The highest BCUT2D eigenvalue weighted by atomic mass is 19.1. The Morgan fingerprint density at radius 3 is 2.90 bits per heavy atom. The summed E-state index contributed by atoms with van der Waals surface area (Å²) < 4.78 is 20.9. The summed E-state index contributed by atoms with van der Waals surface area (Å²) in [6, 6.07) is 5.77. The third-order valence-electron chi connectivity index (χ3n) is 6.09. The Balaban J connectivity index is 1.48. The first-order chi connectivity index (χ1) is 14.9. The van der Waals surface area contributed by atoms with Crippen molar-refractivity contribution in [3.8, 4) is 6.07 Å². The van der Waals surface area contributed by atoms with Crippen molar-refractivity contribution in [1.82, 2.24) is 20.2 Å². The van der Waals surface area contributed by atoms with Gasteiger partial charge >= 0.3 is 0 Å². The molecule has 0 unspecified atom stereocenters. The smallest absolute Gasteiger partial charge is 0.251 e. The Kier molecular flexibility index (Phi) is 6.03. The second kappa shape index (κ2) is 8.73.